The maximum absolute atomic E-state index is 13.8. The van der Waals surface area contributed by atoms with E-state index in [2.05, 4.69) is 9.51 Å². The monoisotopic (exact) mass is 601 g/mol. The van der Waals surface area contributed by atoms with Crippen molar-refractivity contribution in [3.05, 3.63) is 54.6 Å². The number of methoxy groups -OCH3 is 2. The molecule has 16 heteroatoms. The Hall–Kier alpha value is -0.860. The summed E-state index contributed by atoms with van der Waals surface area (Å²) in [6, 6.07) is 15.1. The van der Waals surface area contributed by atoms with E-state index in [1.54, 1.807) is 12.1 Å². The molecule has 4 aromatic rings. The summed E-state index contributed by atoms with van der Waals surface area (Å²) >= 11 is 0. The Morgan fingerprint density at radius 3 is 2.26 bits per heavy atom. The van der Waals surface area contributed by atoms with E-state index in [1.807, 2.05) is 35.9 Å². The number of aryl methyl sites for hydroxylation is 1. The van der Waals surface area contributed by atoms with Crippen molar-refractivity contribution < 1.29 is 95.9 Å². The largest absolute Gasteiger partial charge is 1.00 e. The average molecular weight is 602 g/mol. The summed E-state index contributed by atoms with van der Waals surface area (Å²) in [6.07, 6.45) is 0. The Morgan fingerprint density at radius 1 is 0.974 bits per heavy atom. The number of hydrogen-bond donors (Lipinski definition) is 0. The smallest absolute Gasteiger partial charge is 0.790 e. The molecule has 2 aromatic carbocycles. The number of halogens is 1. The van der Waals surface area contributed by atoms with Crippen LogP contribution >= 0.6 is 20.2 Å². The van der Waals surface area contributed by atoms with E-state index < -0.39 is 31.0 Å². The molecule has 2 heterocycles. The van der Waals surface area contributed by atoms with E-state index in [4.69, 9.17) is 9.47 Å². The summed E-state index contributed by atoms with van der Waals surface area (Å²) in [5.74, 6) is 0.103. The van der Waals surface area contributed by atoms with Crippen LogP contribution in [0, 0.1) is 0 Å². The topological polar surface area (TPSA) is 146 Å². The predicted octanol–water partition coefficient (Wildman–Crippen LogP) is -3.79. The van der Waals surface area contributed by atoms with Crippen molar-refractivity contribution in [1.29, 1.82) is 0 Å². The van der Waals surface area contributed by atoms with E-state index in [1.165, 1.54) is 32.4 Å². The van der Waals surface area contributed by atoms with E-state index in [9.17, 15) is 22.8 Å². The summed E-state index contributed by atoms with van der Waals surface area (Å²) in [6.45, 7) is -1.19. The molecule has 0 fully saturated rings. The molecule has 0 aliphatic carbocycles. The fourth-order valence-electron chi connectivity index (χ4n) is 3.91. The van der Waals surface area contributed by atoms with Gasteiger partial charge in [-0.05, 0) is 30.3 Å². The van der Waals surface area contributed by atoms with Gasteiger partial charge in [0.1, 0.15) is 5.69 Å². The Kier molecular flexibility index (Phi) is 13.1. The maximum atomic E-state index is 13.8. The molecule has 0 saturated carbocycles. The van der Waals surface area contributed by atoms with Gasteiger partial charge in [-0.25, -0.2) is 8.42 Å². The van der Waals surface area contributed by atoms with Gasteiger partial charge in [0.25, 0.3) is 10.0 Å². The van der Waals surface area contributed by atoms with Crippen LogP contribution in [-0.2, 0) is 26.2 Å². The van der Waals surface area contributed by atoms with Crippen LogP contribution in [0.2, 0.25) is 0 Å². The molecule has 0 radical (unpaired) electrons. The van der Waals surface area contributed by atoms with Gasteiger partial charge in [-0.3, -0.25) is 4.31 Å². The van der Waals surface area contributed by atoms with Crippen molar-refractivity contribution in [1.82, 2.24) is 9.55 Å². The van der Waals surface area contributed by atoms with Crippen molar-refractivity contribution in [2.45, 2.75) is 4.90 Å². The minimum absolute atomic E-state index is 0. The van der Waals surface area contributed by atoms with Crippen molar-refractivity contribution >= 4 is 57.7 Å². The molecule has 0 bridgehead atoms. The summed E-state index contributed by atoms with van der Waals surface area (Å²) in [4.78, 5) is 26.0. The second-order valence-corrected chi connectivity index (χ2v) is 10.5. The van der Waals surface area contributed by atoms with Crippen molar-refractivity contribution in [3.8, 4) is 11.8 Å². The van der Waals surface area contributed by atoms with E-state index in [-0.39, 0.29) is 93.9 Å². The first-order valence-electron chi connectivity index (χ1n) is 10.3. The number of nitrogens with zero attached hydrogens (tertiary/aromatic N) is 3. The summed E-state index contributed by atoms with van der Waals surface area (Å²) < 4.78 is 56.1. The number of phosphoric ester groups is 1. The Morgan fingerprint density at radius 2 is 1.63 bits per heavy atom. The summed E-state index contributed by atoms with van der Waals surface area (Å²) in [5, 5.41) is 1.60. The van der Waals surface area contributed by atoms with Crippen LogP contribution in [-0.4, -0.2) is 45.3 Å². The van der Waals surface area contributed by atoms with Crippen LogP contribution < -0.4 is 82.7 Å². The molecule has 0 spiro atoms. The number of ether oxygens (including phenoxy) is 2. The third-order valence-electron chi connectivity index (χ3n) is 5.50. The number of benzene rings is 2. The van der Waals surface area contributed by atoms with Crippen LogP contribution in [0.1, 0.15) is 0 Å². The molecule has 0 saturated heterocycles. The second kappa shape index (κ2) is 14.2. The Labute approximate surface area is 270 Å². The van der Waals surface area contributed by atoms with Crippen LogP contribution in [0.15, 0.2) is 59.5 Å². The predicted molar refractivity (Wildman–Crippen MR) is 133 cm³/mol. The molecule has 0 aliphatic heterocycles. The molecule has 0 unspecified atom stereocenters. The number of fused-ring (bicyclic) bond motifs is 3. The zero-order valence-corrected chi connectivity index (χ0v) is 28.0. The van der Waals surface area contributed by atoms with Gasteiger partial charge < -0.3 is 32.9 Å². The maximum Gasteiger partial charge on any atom is 1.00 e. The average Bonchev–Trinajstić information content (AvgIpc) is 3.12. The number of pyridine rings is 1. The van der Waals surface area contributed by atoms with Gasteiger partial charge in [0, 0.05) is 34.9 Å². The molecule has 0 atom stereocenters. The molecule has 11 nitrogen and oxygen atoms in total. The number of sulfonamides is 1. The van der Waals surface area contributed by atoms with E-state index in [0.29, 0.717) is 0 Å². The Balaban J connectivity index is 0.00000241. The van der Waals surface area contributed by atoms with Gasteiger partial charge in [0.05, 0.1) is 40.1 Å². The number of para-hydroxylation sites is 1. The van der Waals surface area contributed by atoms with Gasteiger partial charge in [0.2, 0.25) is 11.8 Å². The quantitative estimate of drug-likeness (QED) is 0.139. The first kappa shape index (κ1) is 35.2. The number of aromatic nitrogens is 2. The number of anilines is 1. The van der Waals surface area contributed by atoms with Crippen molar-refractivity contribution in [3.63, 3.8) is 0 Å². The molecule has 2 aromatic heterocycles. The van der Waals surface area contributed by atoms with Crippen molar-refractivity contribution in [2.75, 3.05) is 31.7 Å². The van der Waals surface area contributed by atoms with Gasteiger partial charge in [-0.2, -0.15) is 4.98 Å². The number of phosphoric acid groups is 1. The van der Waals surface area contributed by atoms with Crippen LogP contribution in [0.5, 0.6) is 11.8 Å². The molecule has 0 N–H and O–H groups in total. The SMILES string of the molecule is COc1ccc(N(CCOP(=O)([O-])[O-])S(=O)(=O)c2ccc3c(c2)c2ccccc2n3C)c(OC)n1.Cl.[Na+].[Na+]. The molecule has 194 valence electrons. The number of hydrogen-bond acceptors (Lipinski definition) is 9. The first-order chi connectivity index (χ1) is 16.6. The van der Waals surface area contributed by atoms with Gasteiger partial charge >= 0.3 is 59.1 Å². The van der Waals surface area contributed by atoms with Gasteiger partial charge in [-0.15, -0.1) is 12.4 Å². The first-order valence-corrected chi connectivity index (χ1v) is 13.2. The molecular weight excluding hydrogens is 579 g/mol. The molecule has 0 aliphatic rings. The van der Waals surface area contributed by atoms with E-state index >= 15 is 0 Å². The molecule has 4 rings (SSSR count). The summed E-state index contributed by atoms with van der Waals surface area (Å²) in [5.41, 5.74) is 1.79. The number of rotatable bonds is 9. The van der Waals surface area contributed by atoms with Crippen LogP contribution in [0.3, 0.4) is 0 Å². The van der Waals surface area contributed by atoms with Gasteiger partial charge in [-0.1, -0.05) is 18.2 Å². The van der Waals surface area contributed by atoms with Crippen LogP contribution in [0.25, 0.3) is 21.8 Å². The molecule has 0 amide bonds. The normalized spacial score (nSPS) is 11.3. The van der Waals surface area contributed by atoms with Crippen LogP contribution in [0.4, 0.5) is 5.69 Å². The third kappa shape index (κ3) is 7.25. The van der Waals surface area contributed by atoms with Crippen molar-refractivity contribution in [2.24, 2.45) is 7.05 Å². The standard InChI is InChI=1S/C22H24N3O8PS.ClH.2Na/c1-24-18-7-5-4-6-16(18)17-14-15(8-9-19(17)24)35(29,30)25(12-13-33-34(26,27)28)20-10-11-21(31-2)23-22(20)32-3;;;/h4-11,14H,12-13H2,1-3H3,(H2,26,27,28);1H;;/q;;2*+1/p-2. The minimum atomic E-state index is -5.32. The molecule has 38 heavy (non-hydrogen) atoms. The third-order valence-corrected chi connectivity index (χ3v) is 7.81. The zero-order valence-electron chi connectivity index (χ0n) is 21.5. The minimum Gasteiger partial charge on any atom is -0.790 e. The molecular formula is C22H23ClN3Na2O8PS. The summed E-state index contributed by atoms with van der Waals surface area (Å²) in [7, 11) is -5.02. The van der Waals surface area contributed by atoms with E-state index in [0.717, 1.165) is 26.1 Å². The Bertz CT molecular complexity index is 1570. The fraction of sp³-hybridized carbons (Fsp3) is 0.227. The zero-order chi connectivity index (χ0) is 25.4. The van der Waals surface area contributed by atoms with Gasteiger partial charge in [0.15, 0.2) is 0 Å². The fourth-order valence-corrected chi connectivity index (χ4v) is 5.69. The second-order valence-electron chi connectivity index (χ2n) is 7.49.